The number of hydrogen-bond donors (Lipinski definition) is 3. The van der Waals surface area contributed by atoms with Crippen LogP contribution in [0.4, 0.5) is 0 Å². The Hall–Kier alpha value is -4.37. The molecule has 1 aliphatic rings. The molecule has 0 saturated heterocycles. The standard InChI is InChI=1S/C30H30ClN5O4/c1-35(2)30(40)20-9-13-24(33-29(39)19-8-12-22-23(31)17-32-25(22)15-19)26(16-20)34-28(38)18-6-10-21(11-7-18)36-14-4-3-5-27(36)37/h3-8,10-12,14-15,17,20,24,26,32H,9,13,16H2,1-2H3,(H,33,39)(H,34,38)/t20-,24-,26+/m1/s1. The minimum atomic E-state index is -0.459. The predicted octanol–water partition coefficient (Wildman–Crippen LogP) is 3.76. The van der Waals surface area contributed by atoms with E-state index in [0.29, 0.717) is 41.1 Å². The molecule has 0 spiro atoms. The number of hydrogen-bond acceptors (Lipinski definition) is 4. The molecule has 5 rings (SSSR count). The van der Waals surface area contributed by atoms with E-state index in [2.05, 4.69) is 15.6 Å². The number of pyridine rings is 1. The fraction of sp³-hybridized carbons (Fsp3) is 0.267. The van der Waals surface area contributed by atoms with Gasteiger partial charge in [-0.25, -0.2) is 0 Å². The molecule has 3 N–H and O–H groups in total. The Morgan fingerprint density at radius 1 is 0.925 bits per heavy atom. The number of nitrogens with one attached hydrogen (secondary N) is 3. The number of amides is 3. The van der Waals surface area contributed by atoms with Crippen LogP contribution in [-0.2, 0) is 4.79 Å². The molecule has 40 heavy (non-hydrogen) atoms. The first-order valence-electron chi connectivity index (χ1n) is 13.1. The van der Waals surface area contributed by atoms with Gasteiger partial charge in [-0.15, -0.1) is 0 Å². The maximum atomic E-state index is 13.3. The molecular weight excluding hydrogens is 530 g/mol. The van der Waals surface area contributed by atoms with E-state index >= 15 is 0 Å². The third-order valence-electron chi connectivity index (χ3n) is 7.40. The van der Waals surface area contributed by atoms with Crippen LogP contribution in [0.1, 0.15) is 40.0 Å². The van der Waals surface area contributed by atoms with Crippen molar-refractivity contribution in [3.63, 3.8) is 0 Å². The second-order valence-electron chi connectivity index (χ2n) is 10.3. The quantitative estimate of drug-likeness (QED) is 0.333. The minimum absolute atomic E-state index is 0.00393. The van der Waals surface area contributed by atoms with Gasteiger partial charge in [-0.1, -0.05) is 23.7 Å². The van der Waals surface area contributed by atoms with Crippen molar-refractivity contribution >= 4 is 40.2 Å². The topological polar surface area (TPSA) is 116 Å². The first-order chi connectivity index (χ1) is 19.2. The van der Waals surface area contributed by atoms with E-state index in [1.165, 1.54) is 10.6 Å². The van der Waals surface area contributed by atoms with Gasteiger partial charge < -0.3 is 20.5 Å². The highest BCUT2D eigenvalue weighted by molar-refractivity contribution is 6.35. The Kier molecular flexibility index (Phi) is 7.75. The Labute approximate surface area is 236 Å². The van der Waals surface area contributed by atoms with Crippen LogP contribution in [-0.4, -0.2) is 58.4 Å². The number of nitrogens with zero attached hydrogens (tertiary/aromatic N) is 2. The van der Waals surface area contributed by atoms with Crippen LogP contribution in [0.5, 0.6) is 0 Å². The normalized spacial score (nSPS) is 18.7. The summed E-state index contributed by atoms with van der Waals surface area (Å²) in [7, 11) is 3.43. The minimum Gasteiger partial charge on any atom is -0.360 e. The number of halogens is 1. The second-order valence-corrected chi connectivity index (χ2v) is 10.7. The van der Waals surface area contributed by atoms with Crippen molar-refractivity contribution in [3.8, 4) is 5.69 Å². The lowest BCUT2D eigenvalue weighted by molar-refractivity contribution is -0.134. The van der Waals surface area contributed by atoms with Gasteiger partial charge in [0.1, 0.15) is 0 Å². The molecule has 0 aliphatic heterocycles. The highest BCUT2D eigenvalue weighted by Gasteiger charge is 2.36. The van der Waals surface area contributed by atoms with Crippen LogP contribution < -0.4 is 16.2 Å². The van der Waals surface area contributed by atoms with Gasteiger partial charge in [0.05, 0.1) is 11.1 Å². The number of fused-ring (bicyclic) bond motifs is 1. The van der Waals surface area contributed by atoms with E-state index in [9.17, 15) is 19.2 Å². The van der Waals surface area contributed by atoms with Crippen molar-refractivity contribution in [1.82, 2.24) is 25.1 Å². The summed E-state index contributed by atoms with van der Waals surface area (Å²) in [6.45, 7) is 0. The third kappa shape index (κ3) is 5.65. The number of aromatic nitrogens is 2. The number of rotatable bonds is 6. The molecule has 0 unspecified atom stereocenters. The molecule has 1 saturated carbocycles. The van der Waals surface area contributed by atoms with Crippen LogP contribution in [0.25, 0.3) is 16.6 Å². The molecule has 3 amide bonds. The summed E-state index contributed by atoms with van der Waals surface area (Å²) in [4.78, 5) is 56.0. The Bertz CT molecular complexity index is 1630. The van der Waals surface area contributed by atoms with Crippen molar-refractivity contribution in [2.75, 3.05) is 14.1 Å². The van der Waals surface area contributed by atoms with Gasteiger partial charge in [0, 0.05) is 72.2 Å². The van der Waals surface area contributed by atoms with E-state index in [-0.39, 0.29) is 35.2 Å². The predicted molar refractivity (Wildman–Crippen MR) is 154 cm³/mol. The first-order valence-corrected chi connectivity index (χ1v) is 13.5. The molecule has 0 bridgehead atoms. The molecular formula is C30H30ClN5O4. The largest absolute Gasteiger partial charge is 0.360 e. The summed E-state index contributed by atoms with van der Waals surface area (Å²) in [6, 6.07) is 16.0. The fourth-order valence-electron chi connectivity index (χ4n) is 5.24. The van der Waals surface area contributed by atoms with Gasteiger partial charge in [0.15, 0.2) is 0 Å². The molecule has 10 heteroatoms. The van der Waals surface area contributed by atoms with Crippen molar-refractivity contribution in [3.05, 3.63) is 99.6 Å². The molecule has 9 nitrogen and oxygen atoms in total. The van der Waals surface area contributed by atoms with Crippen molar-refractivity contribution in [2.24, 2.45) is 5.92 Å². The van der Waals surface area contributed by atoms with Gasteiger partial charge in [-0.2, -0.15) is 0 Å². The average Bonchev–Trinajstić information content (AvgIpc) is 3.33. The molecule has 0 radical (unpaired) electrons. The zero-order chi connectivity index (χ0) is 28.4. The van der Waals surface area contributed by atoms with Gasteiger partial charge in [0.25, 0.3) is 17.4 Å². The van der Waals surface area contributed by atoms with Gasteiger partial charge in [-0.05, 0) is 61.7 Å². The molecule has 2 aromatic carbocycles. The van der Waals surface area contributed by atoms with Gasteiger partial charge >= 0.3 is 0 Å². The van der Waals surface area contributed by atoms with Crippen molar-refractivity contribution < 1.29 is 14.4 Å². The number of carbonyl (C=O) groups is 3. The summed E-state index contributed by atoms with van der Waals surface area (Å²) in [5.74, 6) is -0.863. The molecule has 206 valence electrons. The van der Waals surface area contributed by atoms with Gasteiger partial charge in [-0.3, -0.25) is 23.7 Å². The summed E-state index contributed by atoms with van der Waals surface area (Å²) in [5.41, 5.74) is 2.10. The first kappa shape index (κ1) is 27.2. The second kappa shape index (κ2) is 11.4. The fourth-order valence-corrected chi connectivity index (χ4v) is 5.46. The van der Waals surface area contributed by atoms with Crippen LogP contribution >= 0.6 is 11.6 Å². The lowest BCUT2D eigenvalue weighted by Gasteiger charge is -2.37. The van der Waals surface area contributed by atoms with E-state index in [1.54, 1.807) is 86.0 Å². The lowest BCUT2D eigenvalue weighted by Crippen LogP contribution is -2.55. The smallest absolute Gasteiger partial charge is 0.255 e. The number of benzene rings is 2. The third-order valence-corrected chi connectivity index (χ3v) is 7.71. The summed E-state index contributed by atoms with van der Waals surface area (Å²) < 4.78 is 1.49. The molecule has 4 aromatic rings. The van der Waals surface area contributed by atoms with E-state index in [4.69, 9.17) is 11.6 Å². The number of aromatic amines is 1. The Balaban J connectivity index is 1.34. The Morgan fingerprint density at radius 3 is 2.35 bits per heavy atom. The van der Waals surface area contributed by atoms with Crippen LogP contribution in [0.2, 0.25) is 5.02 Å². The molecule has 1 aliphatic carbocycles. The lowest BCUT2D eigenvalue weighted by atomic mass is 9.81. The van der Waals surface area contributed by atoms with Gasteiger partial charge in [0.2, 0.25) is 5.91 Å². The van der Waals surface area contributed by atoms with Crippen molar-refractivity contribution in [1.29, 1.82) is 0 Å². The van der Waals surface area contributed by atoms with Crippen molar-refractivity contribution in [2.45, 2.75) is 31.3 Å². The van der Waals surface area contributed by atoms with Crippen LogP contribution in [0, 0.1) is 5.92 Å². The SMILES string of the molecule is CN(C)C(=O)[C@@H]1CC[C@@H](NC(=O)c2ccc3c(Cl)c[nH]c3c2)[C@@H](NC(=O)c2ccc(-n3ccccc3=O)cc2)C1. The van der Waals surface area contributed by atoms with Crippen LogP contribution in [0.3, 0.4) is 0 Å². The average molecular weight is 560 g/mol. The maximum absolute atomic E-state index is 13.3. The number of carbonyl (C=O) groups excluding carboxylic acids is 3. The highest BCUT2D eigenvalue weighted by Crippen LogP contribution is 2.28. The molecule has 2 aromatic heterocycles. The van der Waals surface area contributed by atoms with Crippen LogP contribution in [0.15, 0.2) is 77.9 Å². The van der Waals surface area contributed by atoms with E-state index < -0.39 is 6.04 Å². The summed E-state index contributed by atoms with van der Waals surface area (Å²) in [5, 5.41) is 7.54. The molecule has 1 fully saturated rings. The Morgan fingerprint density at radius 2 is 1.62 bits per heavy atom. The summed E-state index contributed by atoms with van der Waals surface area (Å²) in [6.07, 6.45) is 4.87. The zero-order valence-electron chi connectivity index (χ0n) is 22.2. The number of H-pyrrole nitrogens is 1. The summed E-state index contributed by atoms with van der Waals surface area (Å²) >= 11 is 6.17. The zero-order valence-corrected chi connectivity index (χ0v) is 22.9. The van der Waals surface area contributed by atoms with E-state index in [0.717, 1.165) is 10.9 Å². The van der Waals surface area contributed by atoms with E-state index in [1.807, 2.05) is 0 Å². The highest BCUT2D eigenvalue weighted by atomic mass is 35.5. The monoisotopic (exact) mass is 559 g/mol. The molecule has 3 atom stereocenters. The maximum Gasteiger partial charge on any atom is 0.255 e. The molecule has 2 heterocycles.